The number of benzene rings is 1. The molecule has 0 saturated carbocycles. The van der Waals surface area contributed by atoms with E-state index in [1.165, 1.54) is 35.5 Å². The van der Waals surface area contributed by atoms with Crippen molar-refractivity contribution in [2.24, 2.45) is 14.1 Å². The number of carbonyl (C=O) groups excluding carboxylic acids is 1. The molecule has 10 heteroatoms. The van der Waals surface area contributed by atoms with E-state index in [9.17, 15) is 19.2 Å². The number of fused-ring (bicyclic) bond motifs is 2. The normalized spacial score (nSPS) is 11.1. The molecule has 0 radical (unpaired) electrons. The summed E-state index contributed by atoms with van der Waals surface area (Å²) >= 11 is 0. The Labute approximate surface area is 162 Å². The molecule has 0 unspecified atom stereocenters. The molecular formula is C19H16N6O4. The van der Waals surface area contributed by atoms with Crippen LogP contribution in [0.1, 0.15) is 0 Å². The zero-order valence-corrected chi connectivity index (χ0v) is 15.6. The average molecular weight is 392 g/mol. The minimum Gasteiger partial charge on any atom is -0.323 e. The van der Waals surface area contributed by atoms with E-state index in [4.69, 9.17) is 0 Å². The molecule has 3 aromatic heterocycles. The monoisotopic (exact) mass is 392 g/mol. The first-order valence-corrected chi connectivity index (χ1v) is 8.67. The van der Waals surface area contributed by atoms with Crippen molar-refractivity contribution in [1.82, 2.24) is 23.7 Å². The van der Waals surface area contributed by atoms with Gasteiger partial charge in [0.2, 0.25) is 5.91 Å². The van der Waals surface area contributed by atoms with Crippen LogP contribution in [0.3, 0.4) is 0 Å². The van der Waals surface area contributed by atoms with Gasteiger partial charge >= 0.3 is 5.69 Å². The van der Waals surface area contributed by atoms with Gasteiger partial charge in [0, 0.05) is 14.1 Å². The van der Waals surface area contributed by atoms with Crippen LogP contribution in [0.4, 0.5) is 5.69 Å². The molecule has 4 aromatic rings. The highest BCUT2D eigenvalue weighted by molar-refractivity contribution is 5.93. The average Bonchev–Trinajstić information content (AvgIpc) is 2.72. The van der Waals surface area contributed by atoms with Gasteiger partial charge < -0.3 is 5.32 Å². The lowest BCUT2D eigenvalue weighted by Crippen LogP contribution is -2.37. The number of nitrogens with zero attached hydrogens (tertiary/aromatic N) is 5. The number of hydrogen-bond acceptors (Lipinski definition) is 6. The van der Waals surface area contributed by atoms with E-state index in [0.717, 1.165) is 10.8 Å². The summed E-state index contributed by atoms with van der Waals surface area (Å²) in [5.74, 6) is -0.466. The number of amides is 1. The van der Waals surface area contributed by atoms with Gasteiger partial charge in [-0.15, -0.1) is 0 Å². The minimum absolute atomic E-state index is 0.193. The number of nitrogens with one attached hydrogen (secondary N) is 1. The largest absolute Gasteiger partial charge is 0.332 e. The lowest BCUT2D eigenvalue weighted by atomic mass is 10.3. The summed E-state index contributed by atoms with van der Waals surface area (Å²) < 4.78 is 3.54. The Bertz CT molecular complexity index is 1460. The Morgan fingerprint density at radius 2 is 1.79 bits per heavy atom. The number of pyridine rings is 1. The molecular weight excluding hydrogens is 376 g/mol. The molecule has 0 aliphatic rings. The maximum Gasteiger partial charge on any atom is 0.332 e. The van der Waals surface area contributed by atoms with Crippen LogP contribution >= 0.6 is 0 Å². The van der Waals surface area contributed by atoms with Crippen LogP contribution in [0.2, 0.25) is 0 Å². The van der Waals surface area contributed by atoms with E-state index in [0.29, 0.717) is 11.0 Å². The molecule has 1 N–H and O–H groups in total. The molecule has 0 atom stereocenters. The predicted octanol–water partition coefficient (Wildman–Crippen LogP) is -0.0192. The molecule has 0 bridgehead atoms. The second kappa shape index (κ2) is 6.82. The topological polar surface area (TPSA) is 121 Å². The lowest BCUT2D eigenvalue weighted by Gasteiger charge is -2.11. The molecule has 0 fully saturated rings. The van der Waals surface area contributed by atoms with E-state index in [1.807, 2.05) is 0 Å². The fourth-order valence-electron chi connectivity index (χ4n) is 3.16. The SMILES string of the molecule is Cn1c(=O)c2cc(NC(=O)Cn3c(=O)cnc4ccccc43)cnc2n(C)c1=O. The Balaban J connectivity index is 1.69. The zero-order chi connectivity index (χ0) is 20.7. The molecule has 4 rings (SSSR count). The molecule has 1 aromatic carbocycles. The molecule has 3 heterocycles. The van der Waals surface area contributed by atoms with Crippen molar-refractivity contribution in [3.63, 3.8) is 0 Å². The number of carbonyl (C=O) groups is 1. The lowest BCUT2D eigenvalue weighted by molar-refractivity contribution is -0.116. The van der Waals surface area contributed by atoms with Gasteiger partial charge in [0.05, 0.1) is 34.5 Å². The first kappa shape index (κ1) is 18.3. The van der Waals surface area contributed by atoms with Gasteiger partial charge in [-0.25, -0.2) is 14.8 Å². The van der Waals surface area contributed by atoms with Gasteiger partial charge in [0.1, 0.15) is 12.2 Å². The quantitative estimate of drug-likeness (QED) is 0.523. The van der Waals surface area contributed by atoms with E-state index in [1.54, 1.807) is 24.3 Å². The van der Waals surface area contributed by atoms with Crippen LogP contribution in [0, 0.1) is 0 Å². The Hall–Kier alpha value is -4.08. The third-order valence-electron chi connectivity index (χ3n) is 4.63. The summed E-state index contributed by atoms with van der Waals surface area (Å²) in [4.78, 5) is 57.2. The highest BCUT2D eigenvalue weighted by atomic mass is 16.2. The van der Waals surface area contributed by atoms with E-state index in [-0.39, 0.29) is 23.3 Å². The summed E-state index contributed by atoms with van der Waals surface area (Å²) in [7, 11) is 2.88. The molecule has 146 valence electrons. The van der Waals surface area contributed by atoms with Crippen LogP contribution in [-0.4, -0.2) is 29.6 Å². The highest BCUT2D eigenvalue weighted by Crippen LogP contribution is 2.13. The second-order valence-electron chi connectivity index (χ2n) is 6.52. The van der Waals surface area contributed by atoms with Crippen molar-refractivity contribution in [2.45, 2.75) is 6.54 Å². The number of aryl methyl sites for hydroxylation is 1. The number of rotatable bonds is 3. The summed E-state index contributed by atoms with van der Waals surface area (Å²) in [6.07, 6.45) is 2.52. The maximum absolute atomic E-state index is 12.5. The van der Waals surface area contributed by atoms with Crippen LogP contribution in [0.5, 0.6) is 0 Å². The van der Waals surface area contributed by atoms with Crippen LogP contribution < -0.4 is 22.1 Å². The standard InChI is InChI=1S/C19H16N6O4/c1-23-17-12(18(28)24(2)19(23)29)7-11(8-21-17)22-15(26)10-25-14-6-4-3-5-13(14)20-9-16(25)27/h3-9H,10H2,1-2H3,(H,22,26). The second-order valence-corrected chi connectivity index (χ2v) is 6.52. The minimum atomic E-state index is -0.511. The third kappa shape index (κ3) is 3.10. The first-order valence-electron chi connectivity index (χ1n) is 8.67. The van der Waals surface area contributed by atoms with E-state index in [2.05, 4.69) is 15.3 Å². The molecule has 29 heavy (non-hydrogen) atoms. The van der Waals surface area contributed by atoms with Crippen molar-refractivity contribution in [2.75, 3.05) is 5.32 Å². The number of aromatic nitrogens is 5. The predicted molar refractivity (Wildman–Crippen MR) is 107 cm³/mol. The van der Waals surface area contributed by atoms with Crippen LogP contribution in [-0.2, 0) is 25.4 Å². The van der Waals surface area contributed by atoms with Gasteiger partial charge in [0.15, 0.2) is 0 Å². The summed E-state index contributed by atoms with van der Waals surface area (Å²) in [6.45, 7) is -0.231. The number of hydrogen-bond donors (Lipinski definition) is 1. The Kier molecular flexibility index (Phi) is 4.30. The smallest absolute Gasteiger partial charge is 0.323 e. The van der Waals surface area contributed by atoms with E-state index < -0.39 is 22.7 Å². The molecule has 10 nitrogen and oxygen atoms in total. The molecule has 0 saturated heterocycles. The molecule has 0 aliphatic carbocycles. The molecule has 1 amide bonds. The van der Waals surface area contributed by atoms with Gasteiger partial charge in [-0.05, 0) is 18.2 Å². The number of anilines is 1. The van der Waals surface area contributed by atoms with Gasteiger partial charge in [-0.1, -0.05) is 12.1 Å². The van der Waals surface area contributed by atoms with Crippen molar-refractivity contribution < 1.29 is 4.79 Å². The van der Waals surface area contributed by atoms with Gasteiger partial charge in [0.25, 0.3) is 11.1 Å². The van der Waals surface area contributed by atoms with Crippen molar-refractivity contribution >= 4 is 33.7 Å². The third-order valence-corrected chi connectivity index (χ3v) is 4.63. The fourth-order valence-corrected chi connectivity index (χ4v) is 3.16. The Morgan fingerprint density at radius 1 is 1.03 bits per heavy atom. The first-order chi connectivity index (χ1) is 13.9. The maximum atomic E-state index is 12.5. The summed E-state index contributed by atoms with van der Waals surface area (Å²) in [5, 5.41) is 2.83. The van der Waals surface area contributed by atoms with Crippen molar-refractivity contribution in [1.29, 1.82) is 0 Å². The van der Waals surface area contributed by atoms with Crippen LogP contribution in [0.15, 0.2) is 57.1 Å². The highest BCUT2D eigenvalue weighted by Gasteiger charge is 2.13. The van der Waals surface area contributed by atoms with Gasteiger partial charge in [-0.2, -0.15) is 0 Å². The van der Waals surface area contributed by atoms with Crippen molar-refractivity contribution in [3.05, 3.63) is 73.9 Å². The molecule has 0 aliphatic heterocycles. The summed E-state index contributed by atoms with van der Waals surface area (Å²) in [6, 6.07) is 8.45. The zero-order valence-electron chi connectivity index (χ0n) is 15.6. The van der Waals surface area contributed by atoms with Crippen molar-refractivity contribution in [3.8, 4) is 0 Å². The van der Waals surface area contributed by atoms with Crippen LogP contribution in [0.25, 0.3) is 22.1 Å². The fraction of sp³-hybridized carbons (Fsp3) is 0.158. The van der Waals surface area contributed by atoms with E-state index >= 15 is 0 Å². The summed E-state index contributed by atoms with van der Waals surface area (Å²) in [5.41, 5.74) is 0.225. The van der Waals surface area contributed by atoms with Gasteiger partial charge in [-0.3, -0.25) is 28.1 Å². The number of para-hydroxylation sites is 2. The molecule has 0 spiro atoms. The Morgan fingerprint density at radius 3 is 2.59 bits per heavy atom.